The first-order valence-corrected chi connectivity index (χ1v) is 7.13. The summed E-state index contributed by atoms with van der Waals surface area (Å²) < 4.78 is 1.55. The van der Waals surface area contributed by atoms with Gasteiger partial charge in [-0.3, -0.25) is 9.59 Å². The fourth-order valence-electron chi connectivity index (χ4n) is 2.66. The highest BCUT2D eigenvalue weighted by Gasteiger charge is 2.18. The Morgan fingerprint density at radius 3 is 2.62 bits per heavy atom. The van der Waals surface area contributed by atoms with Crippen molar-refractivity contribution < 1.29 is 4.79 Å². The van der Waals surface area contributed by atoms with Gasteiger partial charge in [-0.25, -0.2) is 0 Å². The molecule has 2 heterocycles. The van der Waals surface area contributed by atoms with Crippen LogP contribution in [0.15, 0.2) is 29.2 Å². The molecule has 0 fully saturated rings. The highest BCUT2D eigenvalue weighted by atomic mass is 35.5. The van der Waals surface area contributed by atoms with Crippen molar-refractivity contribution >= 4 is 23.2 Å². The van der Waals surface area contributed by atoms with E-state index in [1.807, 2.05) is 18.2 Å². The second-order valence-corrected chi connectivity index (χ2v) is 5.77. The summed E-state index contributed by atoms with van der Waals surface area (Å²) >= 11 is 6.34. The summed E-state index contributed by atoms with van der Waals surface area (Å²) in [5.41, 5.74) is 4.18. The lowest BCUT2D eigenvalue weighted by Gasteiger charge is -2.19. The first-order chi connectivity index (χ1) is 9.95. The number of fused-ring (bicyclic) bond motifs is 1. The van der Waals surface area contributed by atoms with Gasteiger partial charge >= 0.3 is 0 Å². The van der Waals surface area contributed by atoms with Crippen LogP contribution >= 0.6 is 11.6 Å². The van der Waals surface area contributed by atoms with Crippen molar-refractivity contribution in [2.45, 2.75) is 19.8 Å². The lowest BCUT2D eigenvalue weighted by molar-refractivity contribution is -0.116. The van der Waals surface area contributed by atoms with E-state index in [0.29, 0.717) is 23.4 Å². The van der Waals surface area contributed by atoms with Crippen molar-refractivity contribution in [3.63, 3.8) is 0 Å². The molecule has 0 bridgehead atoms. The number of carbonyl (C=O) groups is 1. The van der Waals surface area contributed by atoms with Crippen LogP contribution in [0.4, 0.5) is 5.69 Å². The Hall–Kier alpha value is -2.07. The van der Waals surface area contributed by atoms with Gasteiger partial charge < -0.3 is 9.88 Å². The van der Waals surface area contributed by atoms with Crippen LogP contribution in [0.5, 0.6) is 0 Å². The van der Waals surface area contributed by atoms with Gasteiger partial charge in [0, 0.05) is 35.9 Å². The predicted molar refractivity (Wildman–Crippen MR) is 83.8 cm³/mol. The molecule has 1 aromatic carbocycles. The quantitative estimate of drug-likeness (QED) is 0.880. The van der Waals surface area contributed by atoms with E-state index in [1.54, 1.807) is 24.7 Å². The minimum atomic E-state index is -0.0175. The van der Waals surface area contributed by atoms with Gasteiger partial charge in [0.05, 0.1) is 0 Å². The summed E-state index contributed by atoms with van der Waals surface area (Å²) in [6.07, 6.45) is 2.90. The number of hydrogen-bond donors (Lipinski definition) is 1. The summed E-state index contributed by atoms with van der Waals surface area (Å²) in [7, 11) is 1.72. The van der Waals surface area contributed by atoms with E-state index in [1.165, 1.54) is 0 Å². The molecule has 1 N–H and O–H groups in total. The van der Waals surface area contributed by atoms with E-state index in [9.17, 15) is 9.59 Å². The number of halogens is 1. The molecule has 108 valence electrons. The van der Waals surface area contributed by atoms with Gasteiger partial charge in [-0.15, -0.1) is 0 Å². The third-order valence-electron chi connectivity index (χ3n) is 3.77. The fourth-order valence-corrected chi connectivity index (χ4v) is 2.97. The smallest absolute Gasteiger partial charge is 0.253 e. The van der Waals surface area contributed by atoms with Gasteiger partial charge in [0.2, 0.25) is 5.91 Å². The number of aromatic nitrogens is 1. The fraction of sp³-hybridized carbons (Fsp3) is 0.250. The van der Waals surface area contributed by atoms with Gasteiger partial charge in [-0.2, -0.15) is 0 Å². The molecule has 1 aliphatic heterocycles. The summed E-state index contributed by atoms with van der Waals surface area (Å²) in [5, 5.41) is 3.51. The topological polar surface area (TPSA) is 51.1 Å². The molecule has 0 spiro atoms. The molecule has 1 aliphatic rings. The van der Waals surface area contributed by atoms with Gasteiger partial charge in [0.1, 0.15) is 0 Å². The molecule has 0 radical (unpaired) electrons. The molecule has 0 saturated carbocycles. The van der Waals surface area contributed by atoms with Crippen LogP contribution in [-0.2, 0) is 18.3 Å². The molecule has 0 saturated heterocycles. The third-order valence-corrected chi connectivity index (χ3v) is 4.10. The van der Waals surface area contributed by atoms with Gasteiger partial charge in [0.25, 0.3) is 5.56 Å². The van der Waals surface area contributed by atoms with Crippen molar-refractivity contribution in [3.8, 4) is 11.1 Å². The lowest BCUT2D eigenvalue weighted by atomic mass is 9.97. The van der Waals surface area contributed by atoms with E-state index in [4.69, 9.17) is 11.6 Å². The Morgan fingerprint density at radius 2 is 1.90 bits per heavy atom. The number of anilines is 1. The molecule has 2 aromatic rings. The molecule has 5 heteroatoms. The van der Waals surface area contributed by atoms with Gasteiger partial charge in [-0.1, -0.05) is 11.6 Å². The zero-order valence-corrected chi connectivity index (χ0v) is 12.6. The minimum Gasteiger partial charge on any atom is -0.326 e. The van der Waals surface area contributed by atoms with Crippen LogP contribution in [0.2, 0.25) is 5.02 Å². The van der Waals surface area contributed by atoms with Crippen LogP contribution < -0.4 is 10.9 Å². The van der Waals surface area contributed by atoms with Crippen molar-refractivity contribution in [1.29, 1.82) is 0 Å². The summed E-state index contributed by atoms with van der Waals surface area (Å²) in [6.45, 7) is 1.79. The molecular formula is C16H15ClN2O2. The minimum absolute atomic E-state index is 0.00681. The average molecular weight is 303 g/mol. The zero-order chi connectivity index (χ0) is 15.1. The average Bonchev–Trinajstić information content (AvgIpc) is 2.43. The van der Waals surface area contributed by atoms with Crippen molar-refractivity contribution in [2.24, 2.45) is 7.05 Å². The highest BCUT2D eigenvalue weighted by Crippen LogP contribution is 2.34. The monoisotopic (exact) mass is 302 g/mol. The van der Waals surface area contributed by atoms with Crippen molar-refractivity contribution in [1.82, 2.24) is 4.57 Å². The molecular weight excluding hydrogens is 288 g/mol. The van der Waals surface area contributed by atoms with E-state index in [-0.39, 0.29) is 11.5 Å². The molecule has 21 heavy (non-hydrogen) atoms. The van der Waals surface area contributed by atoms with Crippen LogP contribution in [0, 0.1) is 6.92 Å². The van der Waals surface area contributed by atoms with E-state index in [2.05, 4.69) is 5.32 Å². The van der Waals surface area contributed by atoms with Crippen LogP contribution in [0.25, 0.3) is 11.1 Å². The second kappa shape index (κ2) is 5.04. The number of pyridine rings is 1. The number of carbonyl (C=O) groups excluding carboxylic acids is 1. The first kappa shape index (κ1) is 13.9. The van der Waals surface area contributed by atoms with E-state index >= 15 is 0 Å². The van der Waals surface area contributed by atoms with Crippen LogP contribution in [0.1, 0.15) is 17.5 Å². The molecule has 1 amide bonds. The largest absolute Gasteiger partial charge is 0.326 e. The van der Waals surface area contributed by atoms with Crippen LogP contribution in [-0.4, -0.2) is 10.5 Å². The number of benzene rings is 1. The summed E-state index contributed by atoms with van der Waals surface area (Å²) in [4.78, 5) is 23.3. The first-order valence-electron chi connectivity index (χ1n) is 6.75. The van der Waals surface area contributed by atoms with E-state index < -0.39 is 0 Å². The maximum atomic E-state index is 11.8. The number of aryl methyl sites for hydroxylation is 2. The number of hydrogen-bond acceptors (Lipinski definition) is 2. The van der Waals surface area contributed by atoms with Gasteiger partial charge in [-0.05, 0) is 48.2 Å². The zero-order valence-electron chi connectivity index (χ0n) is 11.9. The molecule has 4 nitrogen and oxygen atoms in total. The Labute approximate surface area is 127 Å². The van der Waals surface area contributed by atoms with Crippen molar-refractivity contribution in [2.75, 3.05) is 5.32 Å². The molecule has 0 unspecified atom stereocenters. The number of rotatable bonds is 1. The Balaban J connectivity index is 2.16. The maximum absolute atomic E-state index is 11.8. The number of nitrogens with zero attached hydrogens (tertiary/aromatic N) is 1. The normalized spacial score (nSPS) is 13.8. The molecule has 0 aliphatic carbocycles. The van der Waals surface area contributed by atoms with Crippen molar-refractivity contribution in [3.05, 3.63) is 50.9 Å². The Bertz CT molecular complexity index is 782. The maximum Gasteiger partial charge on any atom is 0.253 e. The standard InChI is InChI=1S/C16H15ClN2O2/c1-9-5-11(8-19(2)16(9)21)10-6-13(17)12-3-4-15(20)18-14(12)7-10/h5-8H,3-4H2,1-2H3,(H,18,20). The molecule has 0 atom stereocenters. The third kappa shape index (κ3) is 2.47. The van der Waals surface area contributed by atoms with Gasteiger partial charge in [0.15, 0.2) is 0 Å². The highest BCUT2D eigenvalue weighted by molar-refractivity contribution is 6.32. The van der Waals surface area contributed by atoms with Crippen LogP contribution in [0.3, 0.4) is 0 Å². The Morgan fingerprint density at radius 1 is 1.14 bits per heavy atom. The lowest BCUT2D eigenvalue weighted by Crippen LogP contribution is -2.20. The SMILES string of the molecule is Cc1cc(-c2cc(Cl)c3c(c2)NC(=O)CC3)cn(C)c1=O. The number of amides is 1. The number of nitrogens with one attached hydrogen (secondary N) is 1. The Kier molecular flexibility index (Phi) is 3.33. The predicted octanol–water partition coefficient (Wildman–Crippen LogP) is 2.90. The molecule has 1 aromatic heterocycles. The summed E-state index contributed by atoms with van der Waals surface area (Å²) in [5.74, 6) is 0.00681. The summed E-state index contributed by atoms with van der Waals surface area (Å²) in [6, 6.07) is 5.64. The second-order valence-electron chi connectivity index (χ2n) is 5.36. The molecule has 3 rings (SSSR count). The van der Waals surface area contributed by atoms with E-state index in [0.717, 1.165) is 22.4 Å².